The fourth-order valence-corrected chi connectivity index (χ4v) is 2.14. The van der Waals surface area contributed by atoms with Crippen molar-refractivity contribution in [1.82, 2.24) is 0 Å². The molecule has 2 aromatic carbocycles. The number of esters is 1. The number of amides is 1. The van der Waals surface area contributed by atoms with Crippen molar-refractivity contribution < 1.29 is 14.3 Å². The normalized spacial score (nSPS) is 10.1. The zero-order valence-corrected chi connectivity index (χ0v) is 13.4. The molecule has 114 valence electrons. The Hall–Kier alpha value is -1.75. The number of anilines is 1. The lowest BCUT2D eigenvalue weighted by molar-refractivity contribution is -0.119. The molecule has 2 aromatic rings. The summed E-state index contributed by atoms with van der Waals surface area (Å²) in [6.07, 6.45) is 0. The quantitative estimate of drug-likeness (QED) is 0.822. The summed E-state index contributed by atoms with van der Waals surface area (Å²) in [5.41, 5.74) is 0.610. The lowest BCUT2D eigenvalue weighted by atomic mass is 10.2. The second-order valence-electron chi connectivity index (χ2n) is 4.26. The van der Waals surface area contributed by atoms with Crippen LogP contribution in [0.1, 0.15) is 10.4 Å². The first-order chi connectivity index (χ1) is 10.5. The van der Waals surface area contributed by atoms with Gasteiger partial charge in [0, 0.05) is 10.0 Å². The number of nitrogens with one attached hydrogen (secondary N) is 1. The highest BCUT2D eigenvalue weighted by Gasteiger charge is 2.12. The summed E-state index contributed by atoms with van der Waals surface area (Å²) < 4.78 is 4.90. The topological polar surface area (TPSA) is 55.4 Å². The number of rotatable bonds is 4. The number of carbonyl (C=O) groups excluding carboxylic acids is 2. The first kappa shape index (κ1) is 16.6. The van der Waals surface area contributed by atoms with E-state index in [4.69, 9.17) is 39.5 Å². The molecule has 0 aliphatic heterocycles. The van der Waals surface area contributed by atoms with Gasteiger partial charge in [0.2, 0.25) is 0 Å². The van der Waals surface area contributed by atoms with Crippen molar-refractivity contribution in [1.29, 1.82) is 0 Å². The molecule has 1 N–H and O–H groups in total. The van der Waals surface area contributed by atoms with Gasteiger partial charge in [-0.1, -0.05) is 40.9 Å². The number of carbonyl (C=O) groups is 2. The molecule has 0 atom stereocenters. The zero-order valence-electron chi connectivity index (χ0n) is 11.1. The number of benzene rings is 2. The molecule has 0 saturated heterocycles. The molecule has 0 unspecified atom stereocenters. The molecule has 0 bridgehead atoms. The van der Waals surface area contributed by atoms with Crippen molar-refractivity contribution in [2.45, 2.75) is 0 Å². The average Bonchev–Trinajstić information content (AvgIpc) is 2.48. The second kappa shape index (κ2) is 7.49. The van der Waals surface area contributed by atoms with Gasteiger partial charge < -0.3 is 10.1 Å². The van der Waals surface area contributed by atoms with Crippen molar-refractivity contribution in [3.8, 4) is 0 Å². The van der Waals surface area contributed by atoms with Crippen LogP contribution in [0.25, 0.3) is 0 Å². The SMILES string of the molecule is O=C(COC(=O)c1cccc(Cl)c1)Nc1cc(Cl)ccc1Cl. The van der Waals surface area contributed by atoms with Gasteiger partial charge in [0.15, 0.2) is 6.61 Å². The number of halogens is 3. The maximum Gasteiger partial charge on any atom is 0.338 e. The summed E-state index contributed by atoms with van der Waals surface area (Å²) in [4.78, 5) is 23.5. The fraction of sp³-hybridized carbons (Fsp3) is 0.0667. The maximum atomic E-state index is 11.8. The summed E-state index contributed by atoms with van der Waals surface area (Å²) in [7, 11) is 0. The Morgan fingerprint density at radius 1 is 1.00 bits per heavy atom. The number of hydrogen-bond donors (Lipinski definition) is 1. The highest BCUT2D eigenvalue weighted by atomic mass is 35.5. The van der Waals surface area contributed by atoms with Crippen molar-refractivity contribution >= 4 is 52.4 Å². The van der Waals surface area contributed by atoms with E-state index in [0.717, 1.165) is 0 Å². The average molecular weight is 359 g/mol. The van der Waals surface area contributed by atoms with Gasteiger partial charge in [-0.3, -0.25) is 4.79 Å². The van der Waals surface area contributed by atoms with Crippen molar-refractivity contribution in [3.05, 3.63) is 63.1 Å². The Balaban J connectivity index is 1.93. The summed E-state index contributed by atoms with van der Waals surface area (Å²) in [6.45, 7) is -0.450. The minimum atomic E-state index is -0.644. The molecule has 1 amide bonds. The molecule has 0 aliphatic carbocycles. The van der Waals surface area contributed by atoms with Crippen molar-refractivity contribution in [2.75, 3.05) is 11.9 Å². The molecule has 0 radical (unpaired) electrons. The lowest BCUT2D eigenvalue weighted by Crippen LogP contribution is -2.21. The van der Waals surface area contributed by atoms with E-state index < -0.39 is 18.5 Å². The van der Waals surface area contributed by atoms with Gasteiger partial charge in [-0.2, -0.15) is 0 Å². The molecular formula is C15H10Cl3NO3. The molecule has 0 saturated carbocycles. The minimum Gasteiger partial charge on any atom is -0.452 e. The summed E-state index contributed by atoms with van der Waals surface area (Å²) in [5.74, 6) is -1.17. The van der Waals surface area contributed by atoms with Crippen molar-refractivity contribution in [3.63, 3.8) is 0 Å². The molecule has 2 rings (SSSR count). The fourth-order valence-electron chi connectivity index (χ4n) is 1.61. The van der Waals surface area contributed by atoms with Crippen LogP contribution in [-0.2, 0) is 9.53 Å². The van der Waals surface area contributed by atoms with Crippen LogP contribution in [0, 0.1) is 0 Å². The Bertz CT molecular complexity index is 719. The lowest BCUT2D eigenvalue weighted by Gasteiger charge is -2.08. The molecule has 4 nitrogen and oxygen atoms in total. The van der Waals surface area contributed by atoms with Gasteiger partial charge >= 0.3 is 5.97 Å². The van der Waals surface area contributed by atoms with Crippen LogP contribution < -0.4 is 5.32 Å². The van der Waals surface area contributed by atoms with E-state index in [-0.39, 0.29) is 5.56 Å². The third-order valence-electron chi connectivity index (χ3n) is 2.60. The van der Waals surface area contributed by atoms with E-state index >= 15 is 0 Å². The smallest absolute Gasteiger partial charge is 0.338 e. The number of ether oxygens (including phenoxy) is 1. The van der Waals surface area contributed by atoms with Crippen LogP contribution in [0.2, 0.25) is 15.1 Å². The van der Waals surface area contributed by atoms with E-state index in [1.807, 2.05) is 0 Å². The van der Waals surface area contributed by atoms with Crippen LogP contribution >= 0.6 is 34.8 Å². The van der Waals surface area contributed by atoms with Crippen LogP contribution in [-0.4, -0.2) is 18.5 Å². The molecule has 0 aliphatic rings. The number of hydrogen-bond acceptors (Lipinski definition) is 3. The molecule has 0 heterocycles. The molecule has 0 spiro atoms. The first-order valence-electron chi connectivity index (χ1n) is 6.13. The van der Waals surface area contributed by atoms with Crippen LogP contribution in [0.4, 0.5) is 5.69 Å². The summed E-state index contributed by atoms with van der Waals surface area (Å²) in [6, 6.07) is 10.9. The Morgan fingerprint density at radius 2 is 1.73 bits per heavy atom. The summed E-state index contributed by atoms with van der Waals surface area (Å²) >= 11 is 17.5. The van der Waals surface area contributed by atoms with Crippen molar-refractivity contribution in [2.24, 2.45) is 0 Å². The third-order valence-corrected chi connectivity index (χ3v) is 3.40. The first-order valence-corrected chi connectivity index (χ1v) is 7.26. The molecule has 0 fully saturated rings. The largest absolute Gasteiger partial charge is 0.452 e. The molecular weight excluding hydrogens is 349 g/mol. The van der Waals surface area contributed by atoms with Gasteiger partial charge in [0.1, 0.15) is 0 Å². The second-order valence-corrected chi connectivity index (χ2v) is 5.54. The zero-order chi connectivity index (χ0) is 16.1. The Kier molecular flexibility index (Phi) is 5.66. The predicted octanol–water partition coefficient (Wildman–Crippen LogP) is 4.44. The van der Waals surface area contributed by atoms with E-state index in [0.29, 0.717) is 20.8 Å². The van der Waals surface area contributed by atoms with Gasteiger partial charge in [-0.15, -0.1) is 0 Å². The highest BCUT2D eigenvalue weighted by molar-refractivity contribution is 6.35. The van der Waals surface area contributed by atoms with Crippen LogP contribution in [0.3, 0.4) is 0 Å². The standard InChI is InChI=1S/C15H10Cl3NO3/c16-10-3-1-2-9(6-10)15(21)22-8-14(20)19-13-7-11(17)4-5-12(13)18/h1-7H,8H2,(H,19,20). The third kappa shape index (κ3) is 4.63. The van der Waals surface area contributed by atoms with Gasteiger partial charge in [-0.25, -0.2) is 4.79 Å². The van der Waals surface area contributed by atoms with E-state index in [1.165, 1.54) is 12.1 Å². The highest BCUT2D eigenvalue weighted by Crippen LogP contribution is 2.25. The van der Waals surface area contributed by atoms with E-state index in [1.54, 1.807) is 30.3 Å². The van der Waals surface area contributed by atoms with Crippen LogP contribution in [0.15, 0.2) is 42.5 Å². The predicted molar refractivity (Wildman–Crippen MR) is 86.8 cm³/mol. The molecule has 0 aromatic heterocycles. The van der Waals surface area contributed by atoms with E-state index in [9.17, 15) is 9.59 Å². The molecule has 22 heavy (non-hydrogen) atoms. The van der Waals surface area contributed by atoms with E-state index in [2.05, 4.69) is 5.32 Å². The Morgan fingerprint density at radius 3 is 2.45 bits per heavy atom. The Labute approximate surface area is 141 Å². The summed E-state index contributed by atoms with van der Waals surface area (Å²) in [5, 5.41) is 3.68. The monoisotopic (exact) mass is 357 g/mol. The van der Waals surface area contributed by atoms with Crippen LogP contribution in [0.5, 0.6) is 0 Å². The van der Waals surface area contributed by atoms with Gasteiger partial charge in [0.25, 0.3) is 5.91 Å². The maximum absolute atomic E-state index is 11.8. The van der Waals surface area contributed by atoms with Gasteiger partial charge in [-0.05, 0) is 36.4 Å². The molecule has 7 heteroatoms. The minimum absolute atomic E-state index is 0.265. The van der Waals surface area contributed by atoms with Gasteiger partial charge in [0.05, 0.1) is 16.3 Å².